The fourth-order valence-corrected chi connectivity index (χ4v) is 2.15. The molecule has 2 rings (SSSR count). The molecule has 0 aliphatic heterocycles. The Balaban J connectivity index is 2.27. The summed E-state index contributed by atoms with van der Waals surface area (Å²) in [7, 11) is 1.43. The Morgan fingerprint density at radius 3 is 2.55 bits per heavy atom. The molecule has 0 aromatic heterocycles. The van der Waals surface area contributed by atoms with Crippen molar-refractivity contribution in [2.24, 2.45) is 0 Å². The van der Waals surface area contributed by atoms with Crippen LogP contribution in [0, 0.1) is 5.82 Å². The van der Waals surface area contributed by atoms with E-state index < -0.39 is 5.82 Å². The number of carbonyl (C=O) groups is 1. The molecule has 2 aromatic carbocycles. The predicted molar refractivity (Wildman–Crippen MR) is 77.4 cm³/mol. The third-order valence-corrected chi connectivity index (χ3v) is 3.55. The highest BCUT2D eigenvalue weighted by Crippen LogP contribution is 2.25. The van der Waals surface area contributed by atoms with E-state index in [1.54, 1.807) is 18.2 Å². The van der Waals surface area contributed by atoms with Gasteiger partial charge in [-0.3, -0.25) is 4.79 Å². The van der Waals surface area contributed by atoms with E-state index in [2.05, 4.69) is 0 Å². The normalized spacial score (nSPS) is 10.4. The molecule has 0 heterocycles. The molecule has 0 aliphatic rings. The zero-order valence-corrected chi connectivity index (χ0v) is 12.1. The van der Waals surface area contributed by atoms with Crippen LogP contribution in [-0.2, 0) is 6.42 Å². The lowest BCUT2D eigenvalue weighted by atomic mass is 10.0. The highest BCUT2D eigenvalue weighted by molar-refractivity contribution is 6.42. The minimum atomic E-state index is -0.483. The van der Waals surface area contributed by atoms with Crippen molar-refractivity contribution in [2.45, 2.75) is 6.42 Å². The molecular weight excluding hydrogens is 302 g/mol. The van der Waals surface area contributed by atoms with Gasteiger partial charge in [-0.1, -0.05) is 29.3 Å². The number of methoxy groups -OCH3 is 1. The SMILES string of the molecule is COc1ccc(F)cc1C(=O)Cc1ccc(Cl)c(Cl)c1. The standard InChI is InChI=1S/C15H11Cl2FO2/c1-20-15-5-3-10(18)8-11(15)14(19)7-9-2-4-12(16)13(17)6-9/h2-6,8H,7H2,1H3. The molecule has 0 fully saturated rings. The maximum atomic E-state index is 13.3. The fraction of sp³-hybridized carbons (Fsp3) is 0.133. The van der Waals surface area contributed by atoms with Crippen LogP contribution in [0.15, 0.2) is 36.4 Å². The molecule has 0 radical (unpaired) electrons. The number of benzene rings is 2. The summed E-state index contributed by atoms with van der Waals surface area (Å²) < 4.78 is 18.3. The van der Waals surface area contributed by atoms with Crippen LogP contribution in [0.1, 0.15) is 15.9 Å². The van der Waals surface area contributed by atoms with E-state index in [1.807, 2.05) is 0 Å². The molecule has 0 spiro atoms. The van der Waals surface area contributed by atoms with E-state index in [4.69, 9.17) is 27.9 Å². The van der Waals surface area contributed by atoms with Gasteiger partial charge in [-0.05, 0) is 35.9 Å². The monoisotopic (exact) mass is 312 g/mol. The first-order valence-electron chi connectivity index (χ1n) is 5.82. The zero-order chi connectivity index (χ0) is 14.7. The van der Waals surface area contributed by atoms with E-state index in [0.29, 0.717) is 21.4 Å². The predicted octanol–water partition coefficient (Wildman–Crippen LogP) is 4.57. The summed E-state index contributed by atoms with van der Waals surface area (Å²) in [5.74, 6) is -0.389. The number of ether oxygens (including phenoxy) is 1. The van der Waals surface area contributed by atoms with Gasteiger partial charge in [0, 0.05) is 6.42 Å². The molecule has 0 saturated carbocycles. The van der Waals surface area contributed by atoms with Crippen LogP contribution in [0.5, 0.6) is 5.75 Å². The third kappa shape index (κ3) is 3.30. The number of ketones is 1. The van der Waals surface area contributed by atoms with Crippen LogP contribution in [0.2, 0.25) is 10.0 Å². The van der Waals surface area contributed by atoms with Gasteiger partial charge in [0.25, 0.3) is 0 Å². The van der Waals surface area contributed by atoms with Gasteiger partial charge in [0.2, 0.25) is 0 Å². The van der Waals surface area contributed by atoms with E-state index in [9.17, 15) is 9.18 Å². The zero-order valence-electron chi connectivity index (χ0n) is 10.6. The number of carbonyl (C=O) groups excluding carboxylic acids is 1. The Kier molecular flexibility index (Phi) is 4.63. The van der Waals surface area contributed by atoms with Gasteiger partial charge >= 0.3 is 0 Å². The topological polar surface area (TPSA) is 26.3 Å². The van der Waals surface area contributed by atoms with Gasteiger partial charge < -0.3 is 4.74 Å². The van der Waals surface area contributed by atoms with Crippen LogP contribution in [0.3, 0.4) is 0 Å². The van der Waals surface area contributed by atoms with Gasteiger partial charge in [-0.15, -0.1) is 0 Å². The lowest BCUT2D eigenvalue weighted by Crippen LogP contribution is -2.06. The molecule has 104 valence electrons. The van der Waals surface area contributed by atoms with Crippen LogP contribution in [-0.4, -0.2) is 12.9 Å². The quantitative estimate of drug-likeness (QED) is 0.773. The van der Waals surface area contributed by atoms with Crippen LogP contribution >= 0.6 is 23.2 Å². The van der Waals surface area contributed by atoms with Crippen LogP contribution < -0.4 is 4.74 Å². The van der Waals surface area contributed by atoms with E-state index in [0.717, 1.165) is 0 Å². The summed E-state index contributed by atoms with van der Waals surface area (Å²) in [4.78, 5) is 12.2. The summed E-state index contributed by atoms with van der Waals surface area (Å²) in [6, 6.07) is 8.78. The second-order valence-corrected chi connectivity index (χ2v) is 5.01. The Morgan fingerprint density at radius 1 is 1.15 bits per heavy atom. The molecule has 0 saturated heterocycles. The van der Waals surface area contributed by atoms with Crippen molar-refractivity contribution in [3.63, 3.8) is 0 Å². The van der Waals surface area contributed by atoms with Crippen molar-refractivity contribution in [3.8, 4) is 5.75 Å². The average molecular weight is 313 g/mol. The molecule has 5 heteroatoms. The van der Waals surface area contributed by atoms with Crippen molar-refractivity contribution < 1.29 is 13.9 Å². The highest BCUT2D eigenvalue weighted by Gasteiger charge is 2.14. The summed E-state index contributed by atoms with van der Waals surface area (Å²) in [5, 5.41) is 0.800. The molecule has 0 unspecified atom stereocenters. The number of hydrogen-bond donors (Lipinski definition) is 0. The fourth-order valence-electron chi connectivity index (χ4n) is 1.83. The van der Waals surface area contributed by atoms with Gasteiger partial charge in [0.1, 0.15) is 11.6 Å². The number of halogens is 3. The molecule has 2 nitrogen and oxygen atoms in total. The van der Waals surface area contributed by atoms with Gasteiger partial charge in [-0.25, -0.2) is 4.39 Å². The van der Waals surface area contributed by atoms with Crippen molar-refractivity contribution in [1.82, 2.24) is 0 Å². The first-order chi connectivity index (χ1) is 9.51. The summed E-state index contributed by atoms with van der Waals surface area (Å²) >= 11 is 11.7. The van der Waals surface area contributed by atoms with E-state index >= 15 is 0 Å². The maximum Gasteiger partial charge on any atom is 0.171 e. The molecule has 0 bridgehead atoms. The Hall–Kier alpha value is -1.58. The summed E-state index contributed by atoms with van der Waals surface area (Å²) in [6.07, 6.45) is 0.0940. The van der Waals surface area contributed by atoms with Gasteiger partial charge in [-0.2, -0.15) is 0 Å². The summed E-state index contributed by atoms with van der Waals surface area (Å²) in [6.45, 7) is 0. The molecule has 2 aromatic rings. The molecule has 20 heavy (non-hydrogen) atoms. The van der Waals surface area contributed by atoms with Crippen molar-refractivity contribution in [3.05, 3.63) is 63.4 Å². The minimum absolute atomic E-state index is 0.0940. The highest BCUT2D eigenvalue weighted by atomic mass is 35.5. The van der Waals surface area contributed by atoms with Crippen molar-refractivity contribution in [1.29, 1.82) is 0 Å². The largest absolute Gasteiger partial charge is 0.496 e. The Labute approximate surface area is 126 Å². The number of Topliss-reactive ketones (excluding diaryl/α,β-unsaturated/α-hetero) is 1. The number of hydrogen-bond acceptors (Lipinski definition) is 2. The Bertz CT molecular complexity index is 656. The van der Waals surface area contributed by atoms with Crippen LogP contribution in [0.4, 0.5) is 4.39 Å². The first-order valence-corrected chi connectivity index (χ1v) is 6.57. The molecule has 0 atom stereocenters. The van der Waals surface area contributed by atoms with Gasteiger partial charge in [0.05, 0.1) is 22.7 Å². The smallest absolute Gasteiger partial charge is 0.171 e. The van der Waals surface area contributed by atoms with E-state index in [-0.39, 0.29) is 17.8 Å². The number of rotatable bonds is 4. The van der Waals surface area contributed by atoms with Crippen molar-refractivity contribution in [2.75, 3.05) is 7.11 Å². The van der Waals surface area contributed by atoms with Crippen molar-refractivity contribution >= 4 is 29.0 Å². The molecular formula is C15H11Cl2FO2. The maximum absolute atomic E-state index is 13.3. The van der Waals surface area contributed by atoms with Crippen LogP contribution in [0.25, 0.3) is 0 Å². The minimum Gasteiger partial charge on any atom is -0.496 e. The lowest BCUT2D eigenvalue weighted by molar-refractivity contribution is 0.0989. The van der Waals surface area contributed by atoms with Gasteiger partial charge in [0.15, 0.2) is 5.78 Å². The summed E-state index contributed by atoms with van der Waals surface area (Å²) in [5.41, 5.74) is 0.911. The molecule has 0 N–H and O–H groups in total. The lowest BCUT2D eigenvalue weighted by Gasteiger charge is -2.08. The average Bonchev–Trinajstić information content (AvgIpc) is 2.43. The Morgan fingerprint density at radius 2 is 1.90 bits per heavy atom. The van der Waals surface area contributed by atoms with E-state index in [1.165, 1.54) is 25.3 Å². The first kappa shape index (κ1) is 14.8. The molecule has 0 aliphatic carbocycles. The third-order valence-electron chi connectivity index (χ3n) is 2.81. The second-order valence-electron chi connectivity index (χ2n) is 4.19. The second kappa shape index (κ2) is 6.25. The molecule has 0 amide bonds.